The Labute approximate surface area is 166 Å². The summed E-state index contributed by atoms with van der Waals surface area (Å²) in [5.74, 6) is -0.309. The summed E-state index contributed by atoms with van der Waals surface area (Å²) in [6.07, 6.45) is 2.59. The number of amides is 1. The average molecular weight is 389 g/mol. The van der Waals surface area contributed by atoms with Crippen molar-refractivity contribution < 1.29 is 4.79 Å². The predicted molar refractivity (Wildman–Crippen MR) is 110 cm³/mol. The molecule has 0 saturated carbocycles. The van der Waals surface area contributed by atoms with Gasteiger partial charge in [-0.3, -0.25) is 10.1 Å². The van der Waals surface area contributed by atoms with Crippen LogP contribution in [0.3, 0.4) is 0 Å². The number of aryl methyl sites for hydroxylation is 2. The number of aromatic nitrogens is 4. The number of benzene rings is 2. The maximum absolute atomic E-state index is 12.6. The van der Waals surface area contributed by atoms with E-state index in [2.05, 4.69) is 51.7 Å². The number of hydrogen-bond donors (Lipinski definition) is 1. The van der Waals surface area contributed by atoms with Gasteiger partial charge >= 0.3 is 0 Å². The molecule has 4 rings (SSSR count). The van der Waals surface area contributed by atoms with E-state index < -0.39 is 0 Å². The van der Waals surface area contributed by atoms with E-state index in [-0.39, 0.29) is 5.91 Å². The molecular weight excluding hydrogens is 370 g/mol. The lowest BCUT2D eigenvalue weighted by Crippen LogP contribution is -2.14. The number of carbonyl (C=O) groups excluding carboxylic acids is 1. The Morgan fingerprint density at radius 3 is 2.54 bits per heavy atom. The summed E-state index contributed by atoms with van der Waals surface area (Å²) in [4.78, 5) is 19.5. The molecule has 0 fully saturated rings. The van der Waals surface area contributed by atoms with E-state index in [4.69, 9.17) is 0 Å². The lowest BCUT2D eigenvalue weighted by atomic mass is 10.1. The molecule has 0 bridgehead atoms. The topological polar surface area (TPSA) is 72.7 Å². The van der Waals surface area contributed by atoms with Crippen LogP contribution in [0.25, 0.3) is 5.69 Å². The number of para-hydroxylation sites is 1. The molecule has 0 unspecified atom stereocenters. The van der Waals surface area contributed by atoms with E-state index >= 15 is 0 Å². The number of nitrogens with one attached hydrogen (secondary N) is 1. The SMILES string of the molecule is Cc1ccc(Cc2cnc(NC(=O)c3nn(-c4ccccc4)nc3C)s2)cc1. The van der Waals surface area contributed by atoms with Gasteiger partial charge in [0.25, 0.3) is 5.91 Å². The zero-order valence-electron chi connectivity index (χ0n) is 15.6. The summed E-state index contributed by atoms with van der Waals surface area (Å²) in [5, 5.41) is 12.1. The Balaban J connectivity index is 1.46. The highest BCUT2D eigenvalue weighted by molar-refractivity contribution is 7.15. The van der Waals surface area contributed by atoms with Crippen LogP contribution >= 0.6 is 11.3 Å². The van der Waals surface area contributed by atoms with Crippen LogP contribution in [-0.2, 0) is 6.42 Å². The van der Waals surface area contributed by atoms with Crippen molar-refractivity contribution in [1.82, 2.24) is 20.0 Å². The number of thiazole rings is 1. The van der Waals surface area contributed by atoms with E-state index in [1.165, 1.54) is 27.3 Å². The van der Waals surface area contributed by atoms with Gasteiger partial charge in [0.1, 0.15) is 0 Å². The maximum atomic E-state index is 12.6. The second-order valence-corrected chi connectivity index (χ2v) is 7.62. The van der Waals surface area contributed by atoms with Gasteiger partial charge in [0.15, 0.2) is 10.8 Å². The summed E-state index contributed by atoms with van der Waals surface area (Å²) in [6.45, 7) is 3.84. The monoisotopic (exact) mass is 389 g/mol. The van der Waals surface area contributed by atoms with Gasteiger partial charge < -0.3 is 0 Å². The molecule has 0 saturated heterocycles. The average Bonchev–Trinajstić information content (AvgIpc) is 3.30. The fourth-order valence-corrected chi connectivity index (χ4v) is 3.62. The van der Waals surface area contributed by atoms with Crippen molar-refractivity contribution in [3.63, 3.8) is 0 Å². The van der Waals surface area contributed by atoms with Crippen molar-refractivity contribution >= 4 is 22.4 Å². The third kappa shape index (κ3) is 3.99. The quantitative estimate of drug-likeness (QED) is 0.556. The van der Waals surface area contributed by atoms with E-state index in [0.717, 1.165) is 17.0 Å². The van der Waals surface area contributed by atoms with Crippen LogP contribution in [0.15, 0.2) is 60.8 Å². The zero-order valence-corrected chi connectivity index (χ0v) is 16.4. The van der Waals surface area contributed by atoms with Gasteiger partial charge in [0.05, 0.1) is 11.4 Å². The molecule has 6 nitrogen and oxygen atoms in total. The highest BCUT2D eigenvalue weighted by Crippen LogP contribution is 2.22. The fourth-order valence-electron chi connectivity index (χ4n) is 2.78. The lowest BCUT2D eigenvalue weighted by molar-refractivity contribution is 0.102. The number of anilines is 1. The second-order valence-electron chi connectivity index (χ2n) is 6.51. The maximum Gasteiger partial charge on any atom is 0.279 e. The Morgan fingerprint density at radius 1 is 1.04 bits per heavy atom. The lowest BCUT2D eigenvalue weighted by Gasteiger charge is -2.00. The molecule has 0 radical (unpaired) electrons. The van der Waals surface area contributed by atoms with Crippen molar-refractivity contribution in [2.24, 2.45) is 0 Å². The summed E-state index contributed by atoms with van der Waals surface area (Å²) in [7, 11) is 0. The molecule has 0 aliphatic heterocycles. The molecule has 140 valence electrons. The van der Waals surface area contributed by atoms with Crippen LogP contribution in [-0.4, -0.2) is 25.9 Å². The molecule has 2 heterocycles. The summed E-state index contributed by atoms with van der Waals surface area (Å²) < 4.78 is 0. The first-order valence-corrected chi connectivity index (χ1v) is 9.71. The van der Waals surface area contributed by atoms with Crippen molar-refractivity contribution in [2.75, 3.05) is 5.32 Å². The minimum absolute atomic E-state index is 0.291. The molecule has 2 aromatic carbocycles. The molecule has 1 amide bonds. The largest absolute Gasteiger partial charge is 0.296 e. The van der Waals surface area contributed by atoms with Crippen LogP contribution < -0.4 is 5.32 Å². The fraction of sp³-hybridized carbons (Fsp3) is 0.143. The van der Waals surface area contributed by atoms with Crippen molar-refractivity contribution in [3.05, 3.63) is 88.2 Å². The molecule has 1 N–H and O–H groups in total. The number of nitrogens with zero attached hydrogens (tertiary/aromatic N) is 4. The molecule has 0 aliphatic rings. The van der Waals surface area contributed by atoms with E-state index in [1.54, 1.807) is 13.1 Å². The van der Waals surface area contributed by atoms with Crippen molar-refractivity contribution in [3.8, 4) is 5.69 Å². The van der Waals surface area contributed by atoms with Gasteiger partial charge in [0.2, 0.25) is 0 Å². The van der Waals surface area contributed by atoms with Crippen LogP contribution in [0.4, 0.5) is 5.13 Å². The highest BCUT2D eigenvalue weighted by atomic mass is 32.1. The smallest absolute Gasteiger partial charge is 0.279 e. The third-order valence-electron chi connectivity index (χ3n) is 4.26. The van der Waals surface area contributed by atoms with Crippen LogP contribution in [0.1, 0.15) is 32.2 Å². The molecule has 4 aromatic rings. The van der Waals surface area contributed by atoms with E-state index in [9.17, 15) is 4.79 Å². The first-order chi connectivity index (χ1) is 13.6. The highest BCUT2D eigenvalue weighted by Gasteiger charge is 2.18. The van der Waals surface area contributed by atoms with E-state index in [0.29, 0.717) is 16.5 Å². The standard InChI is InChI=1S/C21H19N5OS/c1-14-8-10-16(11-9-14)12-18-13-22-21(28-18)23-20(27)19-15(2)24-26(25-19)17-6-4-3-5-7-17/h3-11,13H,12H2,1-2H3,(H,22,23,27). The minimum atomic E-state index is -0.309. The Morgan fingerprint density at radius 2 is 1.79 bits per heavy atom. The summed E-state index contributed by atoms with van der Waals surface area (Å²) in [6, 6.07) is 17.9. The first kappa shape index (κ1) is 18.1. The van der Waals surface area contributed by atoms with Gasteiger partial charge in [-0.05, 0) is 31.5 Å². The minimum Gasteiger partial charge on any atom is -0.296 e. The van der Waals surface area contributed by atoms with Crippen molar-refractivity contribution in [1.29, 1.82) is 0 Å². The van der Waals surface area contributed by atoms with E-state index in [1.807, 2.05) is 30.3 Å². The predicted octanol–water partition coefficient (Wildman–Crippen LogP) is 4.18. The van der Waals surface area contributed by atoms with Gasteiger partial charge in [-0.2, -0.15) is 9.90 Å². The van der Waals surface area contributed by atoms with Crippen molar-refractivity contribution in [2.45, 2.75) is 20.3 Å². The molecule has 0 aliphatic carbocycles. The van der Waals surface area contributed by atoms with Crippen LogP contribution in [0, 0.1) is 13.8 Å². The zero-order chi connectivity index (χ0) is 19.5. The Hall–Kier alpha value is -3.32. The molecule has 2 aromatic heterocycles. The van der Waals surface area contributed by atoms with Gasteiger partial charge in [-0.25, -0.2) is 4.98 Å². The van der Waals surface area contributed by atoms with Gasteiger partial charge in [-0.1, -0.05) is 48.0 Å². The third-order valence-corrected chi connectivity index (χ3v) is 5.17. The summed E-state index contributed by atoms with van der Waals surface area (Å²) in [5.41, 5.74) is 4.12. The molecule has 0 spiro atoms. The summed E-state index contributed by atoms with van der Waals surface area (Å²) >= 11 is 1.47. The Bertz CT molecular complexity index is 1100. The molecule has 7 heteroatoms. The van der Waals surface area contributed by atoms with Gasteiger partial charge in [0, 0.05) is 17.5 Å². The Kier molecular flexibility index (Phi) is 4.99. The molecule has 28 heavy (non-hydrogen) atoms. The number of carbonyl (C=O) groups is 1. The van der Waals surface area contributed by atoms with Crippen LogP contribution in [0.2, 0.25) is 0 Å². The normalized spacial score (nSPS) is 10.8. The second kappa shape index (κ2) is 7.74. The first-order valence-electron chi connectivity index (χ1n) is 8.89. The van der Waals surface area contributed by atoms with Gasteiger partial charge in [-0.15, -0.1) is 16.4 Å². The molecular formula is C21H19N5OS. The van der Waals surface area contributed by atoms with Crippen LogP contribution in [0.5, 0.6) is 0 Å². The molecule has 0 atom stereocenters. The number of hydrogen-bond acceptors (Lipinski definition) is 5. The number of rotatable bonds is 5.